The van der Waals surface area contributed by atoms with E-state index in [9.17, 15) is 4.79 Å². The van der Waals surface area contributed by atoms with E-state index in [2.05, 4.69) is 15.3 Å². The molecule has 2 aromatic rings. The highest BCUT2D eigenvalue weighted by Crippen LogP contribution is 2.27. The van der Waals surface area contributed by atoms with Crippen LogP contribution in [0.5, 0.6) is 11.5 Å². The fourth-order valence-electron chi connectivity index (χ4n) is 3.14. The minimum Gasteiger partial charge on any atom is -0.493 e. The van der Waals surface area contributed by atoms with E-state index in [1.165, 1.54) is 0 Å². The lowest BCUT2D eigenvalue weighted by molar-refractivity contribution is -0.125. The molecule has 1 unspecified atom stereocenters. The van der Waals surface area contributed by atoms with Gasteiger partial charge in [0.1, 0.15) is 0 Å². The number of hydrogen-bond donors (Lipinski definition) is 2. The molecule has 1 heterocycles. The number of carbonyl (C=O) groups is 1. The van der Waals surface area contributed by atoms with Crippen molar-refractivity contribution < 1.29 is 14.3 Å². The first-order chi connectivity index (χ1) is 11.7. The van der Waals surface area contributed by atoms with E-state index in [-0.39, 0.29) is 11.8 Å². The second-order valence-corrected chi connectivity index (χ2v) is 6.00. The van der Waals surface area contributed by atoms with Crippen LogP contribution in [0.25, 0.3) is 0 Å². The highest BCUT2D eigenvalue weighted by molar-refractivity contribution is 5.79. The summed E-state index contributed by atoms with van der Waals surface area (Å²) in [6, 6.07) is 5.82. The SMILES string of the molecule is COc1ccc(CCNC(=O)C2CCc3nc[nH]c3C2)cc1OC. The Labute approximate surface area is 141 Å². The lowest BCUT2D eigenvalue weighted by atomic mass is 9.89. The van der Waals surface area contributed by atoms with Crippen molar-refractivity contribution in [3.05, 3.63) is 41.5 Å². The van der Waals surface area contributed by atoms with Gasteiger partial charge in [-0.2, -0.15) is 0 Å². The summed E-state index contributed by atoms with van der Waals surface area (Å²) in [4.78, 5) is 19.8. The number of nitrogens with zero attached hydrogens (tertiary/aromatic N) is 1. The van der Waals surface area contributed by atoms with Gasteiger partial charge in [0.2, 0.25) is 5.91 Å². The Kier molecular flexibility index (Phi) is 5.03. The van der Waals surface area contributed by atoms with E-state index in [0.717, 1.165) is 42.6 Å². The maximum atomic E-state index is 12.4. The standard InChI is InChI=1S/C18H23N3O3/c1-23-16-6-3-12(9-17(16)24-2)7-8-19-18(22)13-4-5-14-15(10-13)21-11-20-14/h3,6,9,11,13H,4-5,7-8,10H2,1-2H3,(H,19,22)(H,20,21). The Balaban J connectivity index is 1.50. The lowest BCUT2D eigenvalue weighted by Gasteiger charge is -2.20. The number of aromatic amines is 1. The van der Waals surface area contributed by atoms with E-state index < -0.39 is 0 Å². The molecular formula is C18H23N3O3. The van der Waals surface area contributed by atoms with Gasteiger partial charge in [0.15, 0.2) is 11.5 Å². The maximum absolute atomic E-state index is 12.4. The summed E-state index contributed by atoms with van der Waals surface area (Å²) >= 11 is 0. The first-order valence-electron chi connectivity index (χ1n) is 8.21. The zero-order valence-corrected chi connectivity index (χ0v) is 14.1. The van der Waals surface area contributed by atoms with Gasteiger partial charge in [0, 0.05) is 24.6 Å². The molecule has 0 saturated carbocycles. The second-order valence-electron chi connectivity index (χ2n) is 6.00. The summed E-state index contributed by atoms with van der Waals surface area (Å²) in [6.07, 6.45) is 4.94. The van der Waals surface area contributed by atoms with E-state index >= 15 is 0 Å². The summed E-state index contributed by atoms with van der Waals surface area (Å²) in [6.45, 7) is 0.612. The van der Waals surface area contributed by atoms with Crippen LogP contribution in [0.3, 0.4) is 0 Å². The number of aryl methyl sites for hydroxylation is 1. The topological polar surface area (TPSA) is 76.2 Å². The molecular weight excluding hydrogens is 306 g/mol. The quantitative estimate of drug-likeness (QED) is 0.848. The lowest BCUT2D eigenvalue weighted by Crippen LogP contribution is -2.35. The first-order valence-corrected chi connectivity index (χ1v) is 8.21. The number of carbonyl (C=O) groups excluding carboxylic acids is 1. The van der Waals surface area contributed by atoms with Gasteiger partial charge in [-0.25, -0.2) is 4.98 Å². The maximum Gasteiger partial charge on any atom is 0.223 e. The van der Waals surface area contributed by atoms with Gasteiger partial charge in [-0.3, -0.25) is 4.79 Å². The first kappa shape index (κ1) is 16.4. The van der Waals surface area contributed by atoms with Gasteiger partial charge in [0.05, 0.1) is 26.2 Å². The van der Waals surface area contributed by atoms with Crippen LogP contribution in [0.2, 0.25) is 0 Å². The van der Waals surface area contributed by atoms with Gasteiger partial charge >= 0.3 is 0 Å². The largest absolute Gasteiger partial charge is 0.493 e. The van der Waals surface area contributed by atoms with Crippen molar-refractivity contribution in [2.75, 3.05) is 20.8 Å². The highest BCUT2D eigenvalue weighted by atomic mass is 16.5. The molecule has 128 valence electrons. The fourth-order valence-corrected chi connectivity index (χ4v) is 3.14. The van der Waals surface area contributed by atoms with E-state index in [1.807, 2.05) is 18.2 Å². The van der Waals surface area contributed by atoms with Gasteiger partial charge < -0.3 is 19.8 Å². The van der Waals surface area contributed by atoms with Crippen LogP contribution in [0.4, 0.5) is 0 Å². The Morgan fingerprint density at radius 3 is 2.96 bits per heavy atom. The molecule has 0 spiro atoms. The normalized spacial score (nSPS) is 16.3. The fraction of sp³-hybridized carbons (Fsp3) is 0.444. The van der Waals surface area contributed by atoms with Crippen LogP contribution < -0.4 is 14.8 Å². The van der Waals surface area contributed by atoms with Gasteiger partial charge in [-0.15, -0.1) is 0 Å². The molecule has 1 atom stereocenters. The summed E-state index contributed by atoms with van der Waals surface area (Å²) in [5.74, 6) is 1.57. The number of ether oxygens (including phenoxy) is 2. The number of fused-ring (bicyclic) bond motifs is 1. The number of imidazole rings is 1. The predicted molar refractivity (Wildman–Crippen MR) is 90.4 cm³/mol. The van der Waals surface area contributed by atoms with Crippen LogP contribution in [0.1, 0.15) is 23.4 Å². The summed E-state index contributed by atoms with van der Waals surface area (Å²) < 4.78 is 10.5. The third-order valence-electron chi connectivity index (χ3n) is 4.52. The Morgan fingerprint density at radius 2 is 2.17 bits per heavy atom. The number of amides is 1. The minimum absolute atomic E-state index is 0.0309. The van der Waals surface area contributed by atoms with Crippen molar-refractivity contribution in [1.82, 2.24) is 15.3 Å². The molecule has 0 aliphatic heterocycles. The summed E-state index contributed by atoms with van der Waals surface area (Å²) in [5, 5.41) is 3.04. The molecule has 6 nitrogen and oxygen atoms in total. The van der Waals surface area contributed by atoms with Crippen molar-refractivity contribution >= 4 is 5.91 Å². The average molecular weight is 329 g/mol. The second kappa shape index (κ2) is 7.38. The summed E-state index contributed by atoms with van der Waals surface area (Å²) in [5.41, 5.74) is 3.30. The minimum atomic E-state index is 0.0309. The van der Waals surface area contributed by atoms with Crippen molar-refractivity contribution in [1.29, 1.82) is 0 Å². The molecule has 1 aromatic heterocycles. The van der Waals surface area contributed by atoms with Crippen molar-refractivity contribution in [2.24, 2.45) is 5.92 Å². The van der Waals surface area contributed by atoms with E-state index in [4.69, 9.17) is 9.47 Å². The molecule has 3 rings (SSSR count). The molecule has 1 aromatic carbocycles. The van der Waals surface area contributed by atoms with Gasteiger partial charge in [-0.1, -0.05) is 6.07 Å². The third kappa shape index (κ3) is 3.53. The smallest absolute Gasteiger partial charge is 0.223 e. The molecule has 1 aliphatic rings. The highest BCUT2D eigenvalue weighted by Gasteiger charge is 2.25. The van der Waals surface area contributed by atoms with Crippen molar-refractivity contribution in [2.45, 2.75) is 25.7 Å². The molecule has 1 amide bonds. The number of methoxy groups -OCH3 is 2. The Bertz CT molecular complexity index is 711. The molecule has 2 N–H and O–H groups in total. The Hall–Kier alpha value is -2.50. The zero-order valence-electron chi connectivity index (χ0n) is 14.1. The summed E-state index contributed by atoms with van der Waals surface area (Å²) in [7, 11) is 3.24. The van der Waals surface area contributed by atoms with Crippen LogP contribution in [0.15, 0.2) is 24.5 Å². The third-order valence-corrected chi connectivity index (χ3v) is 4.52. The number of benzene rings is 1. The van der Waals surface area contributed by atoms with Crippen LogP contribution in [-0.2, 0) is 24.1 Å². The van der Waals surface area contributed by atoms with Gasteiger partial charge in [-0.05, 0) is 37.0 Å². The molecule has 0 fully saturated rings. The molecule has 1 aliphatic carbocycles. The average Bonchev–Trinajstić information content (AvgIpc) is 3.09. The van der Waals surface area contributed by atoms with E-state index in [1.54, 1.807) is 20.5 Å². The number of aromatic nitrogens is 2. The monoisotopic (exact) mass is 329 g/mol. The van der Waals surface area contributed by atoms with Crippen LogP contribution >= 0.6 is 0 Å². The van der Waals surface area contributed by atoms with Gasteiger partial charge in [0.25, 0.3) is 0 Å². The van der Waals surface area contributed by atoms with Crippen LogP contribution in [-0.4, -0.2) is 36.6 Å². The molecule has 0 radical (unpaired) electrons. The van der Waals surface area contributed by atoms with Crippen molar-refractivity contribution in [3.63, 3.8) is 0 Å². The number of H-pyrrole nitrogens is 1. The number of rotatable bonds is 6. The number of nitrogens with one attached hydrogen (secondary N) is 2. The molecule has 6 heteroatoms. The van der Waals surface area contributed by atoms with Crippen molar-refractivity contribution in [3.8, 4) is 11.5 Å². The molecule has 0 bridgehead atoms. The molecule has 24 heavy (non-hydrogen) atoms. The van der Waals surface area contributed by atoms with E-state index in [0.29, 0.717) is 18.0 Å². The predicted octanol–water partition coefficient (Wildman–Crippen LogP) is 1.89. The Morgan fingerprint density at radius 1 is 1.33 bits per heavy atom. The molecule has 0 saturated heterocycles. The number of hydrogen-bond acceptors (Lipinski definition) is 4. The van der Waals surface area contributed by atoms with Crippen LogP contribution in [0, 0.1) is 5.92 Å². The zero-order chi connectivity index (χ0) is 16.9.